The van der Waals surface area contributed by atoms with Gasteiger partial charge in [0.15, 0.2) is 6.29 Å². The van der Waals surface area contributed by atoms with Crippen LogP contribution in [0.2, 0.25) is 0 Å². The van der Waals surface area contributed by atoms with Crippen LogP contribution in [0.25, 0.3) is 10.9 Å². The maximum absolute atomic E-state index is 5.93. The van der Waals surface area contributed by atoms with Gasteiger partial charge in [-0.3, -0.25) is 4.98 Å². The molecule has 7 heteroatoms. The third kappa shape index (κ3) is 5.05. The molecule has 158 valence electrons. The summed E-state index contributed by atoms with van der Waals surface area (Å²) >= 11 is 0. The van der Waals surface area contributed by atoms with Gasteiger partial charge in [0, 0.05) is 30.6 Å². The molecular formula is C23H27N3O4. The Morgan fingerprint density at radius 3 is 2.73 bits per heavy atom. The molecular weight excluding hydrogens is 382 g/mol. The first kappa shape index (κ1) is 20.5. The van der Waals surface area contributed by atoms with Crippen molar-refractivity contribution in [3.8, 4) is 11.6 Å². The molecule has 30 heavy (non-hydrogen) atoms. The predicted molar refractivity (Wildman–Crippen MR) is 114 cm³/mol. The lowest BCUT2D eigenvalue weighted by atomic mass is 10.0. The first-order valence-corrected chi connectivity index (χ1v) is 10.1. The van der Waals surface area contributed by atoms with Crippen LogP contribution in [0.5, 0.6) is 11.6 Å². The lowest BCUT2D eigenvalue weighted by Crippen LogP contribution is -2.44. The van der Waals surface area contributed by atoms with E-state index in [-0.39, 0.29) is 12.3 Å². The van der Waals surface area contributed by atoms with Crippen molar-refractivity contribution < 1.29 is 18.9 Å². The van der Waals surface area contributed by atoms with Gasteiger partial charge < -0.3 is 24.3 Å². The molecule has 0 aliphatic carbocycles. The van der Waals surface area contributed by atoms with Crippen LogP contribution in [0.1, 0.15) is 17.7 Å². The second-order valence-corrected chi connectivity index (χ2v) is 7.24. The fourth-order valence-electron chi connectivity index (χ4n) is 3.55. The smallest absolute Gasteiger partial charge is 0.213 e. The maximum atomic E-state index is 5.93. The zero-order valence-corrected chi connectivity index (χ0v) is 17.3. The SMILES string of the molecule is COc1ccc2nccc(CCC3OCC(NCc4cccc(OC)n4)CO3)c2c1. The molecule has 0 spiro atoms. The van der Waals surface area contributed by atoms with Gasteiger partial charge in [0.1, 0.15) is 5.75 Å². The number of hydrogen-bond donors (Lipinski definition) is 1. The van der Waals surface area contributed by atoms with E-state index in [0.29, 0.717) is 25.6 Å². The van der Waals surface area contributed by atoms with Gasteiger partial charge in [0.25, 0.3) is 0 Å². The van der Waals surface area contributed by atoms with E-state index in [1.807, 2.05) is 42.6 Å². The monoisotopic (exact) mass is 409 g/mol. The van der Waals surface area contributed by atoms with Crippen LogP contribution in [0.4, 0.5) is 0 Å². The summed E-state index contributed by atoms with van der Waals surface area (Å²) in [4.78, 5) is 8.85. The molecule has 1 saturated heterocycles. The van der Waals surface area contributed by atoms with E-state index < -0.39 is 0 Å². The number of rotatable bonds is 8. The number of methoxy groups -OCH3 is 2. The number of aryl methyl sites for hydroxylation is 1. The second-order valence-electron chi connectivity index (χ2n) is 7.24. The van der Waals surface area contributed by atoms with Crippen LogP contribution >= 0.6 is 0 Å². The molecule has 0 bridgehead atoms. The van der Waals surface area contributed by atoms with Gasteiger partial charge in [0.05, 0.1) is 44.7 Å². The van der Waals surface area contributed by atoms with E-state index in [2.05, 4.69) is 21.4 Å². The van der Waals surface area contributed by atoms with Gasteiger partial charge in [-0.25, -0.2) is 4.98 Å². The molecule has 4 rings (SSSR count). The van der Waals surface area contributed by atoms with Crippen molar-refractivity contribution in [1.82, 2.24) is 15.3 Å². The van der Waals surface area contributed by atoms with Crippen LogP contribution in [0.15, 0.2) is 48.7 Å². The van der Waals surface area contributed by atoms with Gasteiger partial charge in [-0.1, -0.05) is 6.07 Å². The standard InChI is InChI=1S/C23H27N3O4/c1-27-19-7-8-21-20(12-19)16(10-11-24-21)6-9-23-29-14-18(15-30-23)25-13-17-4-3-5-22(26-17)28-2/h3-5,7-8,10-12,18,23,25H,6,9,13-15H2,1-2H3. The first-order valence-electron chi connectivity index (χ1n) is 10.1. The minimum atomic E-state index is -0.202. The van der Waals surface area contributed by atoms with E-state index in [9.17, 15) is 0 Å². The molecule has 1 N–H and O–H groups in total. The van der Waals surface area contributed by atoms with Crippen molar-refractivity contribution in [3.05, 3.63) is 59.9 Å². The highest BCUT2D eigenvalue weighted by atomic mass is 16.7. The van der Waals surface area contributed by atoms with Gasteiger partial charge in [0.2, 0.25) is 5.88 Å². The molecule has 3 aromatic rings. The molecule has 0 amide bonds. The number of nitrogens with one attached hydrogen (secondary N) is 1. The highest BCUT2D eigenvalue weighted by Gasteiger charge is 2.22. The van der Waals surface area contributed by atoms with Crippen molar-refractivity contribution in [1.29, 1.82) is 0 Å². The van der Waals surface area contributed by atoms with Crippen molar-refractivity contribution in [3.63, 3.8) is 0 Å². The molecule has 1 aromatic carbocycles. The van der Waals surface area contributed by atoms with Crippen LogP contribution < -0.4 is 14.8 Å². The quantitative estimate of drug-likeness (QED) is 0.613. The third-order valence-electron chi connectivity index (χ3n) is 5.22. The van der Waals surface area contributed by atoms with Crippen LogP contribution in [0, 0.1) is 0 Å². The molecule has 0 radical (unpaired) electrons. The molecule has 1 aliphatic rings. The maximum Gasteiger partial charge on any atom is 0.213 e. The number of nitrogens with zero attached hydrogens (tertiary/aromatic N) is 2. The lowest BCUT2D eigenvalue weighted by molar-refractivity contribution is -0.192. The normalized spacial score (nSPS) is 19.0. The Morgan fingerprint density at radius 2 is 1.93 bits per heavy atom. The van der Waals surface area contributed by atoms with Gasteiger partial charge >= 0.3 is 0 Å². The number of ether oxygens (including phenoxy) is 4. The Kier molecular flexibility index (Phi) is 6.74. The first-order chi connectivity index (χ1) is 14.7. The van der Waals surface area contributed by atoms with Crippen molar-refractivity contribution in [2.45, 2.75) is 31.7 Å². The molecule has 3 heterocycles. The minimum absolute atomic E-state index is 0.139. The molecule has 1 fully saturated rings. The second kappa shape index (κ2) is 9.84. The number of benzene rings is 1. The van der Waals surface area contributed by atoms with Crippen LogP contribution in [-0.4, -0.2) is 49.7 Å². The molecule has 0 unspecified atom stereocenters. The number of pyridine rings is 2. The summed E-state index contributed by atoms with van der Waals surface area (Å²) in [5.41, 5.74) is 3.11. The van der Waals surface area contributed by atoms with E-state index in [4.69, 9.17) is 18.9 Å². The number of aromatic nitrogens is 2. The topological polar surface area (TPSA) is 74.7 Å². The zero-order chi connectivity index (χ0) is 20.8. The van der Waals surface area contributed by atoms with Gasteiger partial charge in [-0.05, 0) is 42.3 Å². The molecule has 0 atom stereocenters. The highest BCUT2D eigenvalue weighted by Crippen LogP contribution is 2.24. The summed E-state index contributed by atoms with van der Waals surface area (Å²) in [6.07, 6.45) is 3.29. The summed E-state index contributed by atoms with van der Waals surface area (Å²) < 4.78 is 22.4. The van der Waals surface area contributed by atoms with Crippen LogP contribution in [0.3, 0.4) is 0 Å². The van der Waals surface area contributed by atoms with Crippen molar-refractivity contribution >= 4 is 10.9 Å². The van der Waals surface area contributed by atoms with Crippen LogP contribution in [-0.2, 0) is 22.4 Å². The fourth-order valence-corrected chi connectivity index (χ4v) is 3.55. The Hall–Kier alpha value is -2.74. The summed E-state index contributed by atoms with van der Waals surface area (Å²) in [5, 5.41) is 4.54. The van der Waals surface area contributed by atoms with E-state index in [1.54, 1.807) is 14.2 Å². The summed E-state index contributed by atoms with van der Waals surface area (Å²) in [7, 11) is 3.30. The summed E-state index contributed by atoms with van der Waals surface area (Å²) in [5.74, 6) is 1.45. The molecule has 1 aliphatic heterocycles. The number of fused-ring (bicyclic) bond motifs is 1. The van der Waals surface area contributed by atoms with Gasteiger partial charge in [-0.2, -0.15) is 0 Å². The Bertz CT molecular complexity index is 974. The van der Waals surface area contributed by atoms with Gasteiger partial charge in [-0.15, -0.1) is 0 Å². The minimum Gasteiger partial charge on any atom is -0.497 e. The third-order valence-corrected chi connectivity index (χ3v) is 5.22. The Balaban J connectivity index is 1.27. The predicted octanol–water partition coefficient (Wildman–Crippen LogP) is 3.11. The average Bonchev–Trinajstić information content (AvgIpc) is 2.81. The summed E-state index contributed by atoms with van der Waals surface area (Å²) in [6, 6.07) is 13.9. The lowest BCUT2D eigenvalue weighted by Gasteiger charge is -2.30. The van der Waals surface area contributed by atoms with E-state index in [0.717, 1.165) is 35.2 Å². The highest BCUT2D eigenvalue weighted by molar-refractivity contribution is 5.83. The van der Waals surface area contributed by atoms with Crippen molar-refractivity contribution in [2.75, 3.05) is 27.4 Å². The average molecular weight is 409 g/mol. The number of hydrogen-bond acceptors (Lipinski definition) is 7. The Morgan fingerprint density at radius 1 is 1.07 bits per heavy atom. The zero-order valence-electron chi connectivity index (χ0n) is 17.3. The molecule has 7 nitrogen and oxygen atoms in total. The summed E-state index contributed by atoms with van der Waals surface area (Å²) in [6.45, 7) is 1.86. The molecule has 2 aromatic heterocycles. The van der Waals surface area contributed by atoms with E-state index in [1.165, 1.54) is 5.56 Å². The van der Waals surface area contributed by atoms with E-state index >= 15 is 0 Å². The Labute approximate surface area is 176 Å². The largest absolute Gasteiger partial charge is 0.497 e. The molecule has 0 saturated carbocycles. The van der Waals surface area contributed by atoms with Crippen molar-refractivity contribution in [2.24, 2.45) is 0 Å². The fraction of sp³-hybridized carbons (Fsp3) is 0.391.